The average Bonchev–Trinajstić information content (AvgIpc) is 3.24. The molecule has 0 aromatic carbocycles. The summed E-state index contributed by atoms with van der Waals surface area (Å²) in [6.45, 7) is 3.80. The van der Waals surface area contributed by atoms with Crippen LogP contribution in [0.3, 0.4) is 0 Å². The average molecular weight is 314 g/mol. The van der Waals surface area contributed by atoms with Crippen molar-refractivity contribution in [3.8, 4) is 10.6 Å². The van der Waals surface area contributed by atoms with Crippen LogP contribution in [0.1, 0.15) is 17.7 Å². The molecule has 6 heteroatoms. The normalized spacial score (nSPS) is 18.1. The monoisotopic (exact) mass is 314 g/mol. The summed E-state index contributed by atoms with van der Waals surface area (Å²) in [7, 11) is 0. The molecule has 0 aliphatic carbocycles. The number of anilines is 1. The van der Waals surface area contributed by atoms with Gasteiger partial charge in [0.15, 0.2) is 5.65 Å². The zero-order valence-corrected chi connectivity index (χ0v) is 13.3. The highest BCUT2D eigenvalue weighted by molar-refractivity contribution is 7.15. The van der Waals surface area contributed by atoms with Gasteiger partial charge in [0.25, 0.3) is 0 Å². The lowest BCUT2D eigenvalue weighted by atomic mass is 10.2. The van der Waals surface area contributed by atoms with Gasteiger partial charge in [-0.1, -0.05) is 0 Å². The van der Waals surface area contributed by atoms with Crippen LogP contribution in [0.15, 0.2) is 30.7 Å². The molecule has 5 nitrogen and oxygen atoms in total. The number of fused-ring (bicyclic) bond motifs is 1. The lowest BCUT2D eigenvalue weighted by Crippen LogP contribution is -2.19. The maximum atomic E-state index is 5.71. The Hall–Kier alpha value is -1.92. The van der Waals surface area contributed by atoms with E-state index in [1.807, 2.05) is 6.20 Å². The van der Waals surface area contributed by atoms with Crippen LogP contribution < -0.4 is 5.32 Å². The molecule has 1 aliphatic rings. The quantitative estimate of drug-likeness (QED) is 0.802. The number of imidazole rings is 1. The van der Waals surface area contributed by atoms with Crippen LogP contribution >= 0.6 is 11.3 Å². The van der Waals surface area contributed by atoms with Crippen LogP contribution in [0.2, 0.25) is 0 Å². The van der Waals surface area contributed by atoms with Gasteiger partial charge in [-0.3, -0.25) is 9.38 Å². The first-order chi connectivity index (χ1) is 10.8. The van der Waals surface area contributed by atoms with Gasteiger partial charge < -0.3 is 10.1 Å². The minimum absolute atomic E-state index is 0.297. The Morgan fingerprint density at radius 3 is 3.18 bits per heavy atom. The van der Waals surface area contributed by atoms with E-state index in [1.165, 1.54) is 9.75 Å². The van der Waals surface area contributed by atoms with Crippen molar-refractivity contribution in [3.63, 3.8) is 0 Å². The Morgan fingerprint density at radius 2 is 2.41 bits per heavy atom. The summed E-state index contributed by atoms with van der Waals surface area (Å²) in [5.41, 5.74) is 1.85. The summed E-state index contributed by atoms with van der Waals surface area (Å²) in [5.74, 6) is 1.02. The number of ether oxygens (including phenoxy) is 1. The molecule has 0 saturated carbocycles. The van der Waals surface area contributed by atoms with Gasteiger partial charge in [-0.25, -0.2) is 4.98 Å². The summed E-state index contributed by atoms with van der Waals surface area (Å²) < 4.78 is 7.77. The predicted molar refractivity (Wildman–Crippen MR) is 88.5 cm³/mol. The number of hydrogen-bond acceptors (Lipinski definition) is 5. The number of thiophene rings is 1. The van der Waals surface area contributed by atoms with Crippen LogP contribution in [0.25, 0.3) is 16.2 Å². The molecule has 22 heavy (non-hydrogen) atoms. The van der Waals surface area contributed by atoms with Crippen LogP contribution in [0.4, 0.5) is 5.82 Å². The fourth-order valence-electron chi connectivity index (χ4n) is 2.83. The molecule has 0 unspecified atom stereocenters. The van der Waals surface area contributed by atoms with Gasteiger partial charge in [0.2, 0.25) is 0 Å². The van der Waals surface area contributed by atoms with Gasteiger partial charge in [-0.15, -0.1) is 11.3 Å². The zero-order valence-electron chi connectivity index (χ0n) is 12.5. The van der Waals surface area contributed by atoms with Crippen molar-refractivity contribution in [1.82, 2.24) is 14.4 Å². The third-order valence-electron chi connectivity index (χ3n) is 3.93. The molecule has 1 fully saturated rings. The van der Waals surface area contributed by atoms with Crippen molar-refractivity contribution in [1.29, 1.82) is 0 Å². The molecule has 1 aliphatic heterocycles. The molecule has 1 N–H and O–H groups in total. The fraction of sp³-hybridized carbons (Fsp3) is 0.375. The summed E-state index contributed by atoms with van der Waals surface area (Å²) in [6.07, 6.45) is 8.10. The molecule has 3 aromatic rings. The first kappa shape index (κ1) is 13.7. The number of aromatic nitrogens is 3. The lowest BCUT2D eigenvalue weighted by Gasteiger charge is -2.12. The minimum Gasteiger partial charge on any atom is -0.376 e. The maximum Gasteiger partial charge on any atom is 0.157 e. The van der Waals surface area contributed by atoms with Gasteiger partial charge in [0.05, 0.1) is 17.2 Å². The summed E-state index contributed by atoms with van der Waals surface area (Å²) in [5, 5.41) is 3.54. The van der Waals surface area contributed by atoms with Crippen molar-refractivity contribution in [2.24, 2.45) is 0 Å². The minimum atomic E-state index is 0.297. The molecule has 3 aromatic heterocycles. The molecule has 4 heterocycles. The highest BCUT2D eigenvalue weighted by Gasteiger charge is 2.19. The topological polar surface area (TPSA) is 51.5 Å². The van der Waals surface area contributed by atoms with Crippen LogP contribution in [-0.2, 0) is 4.74 Å². The van der Waals surface area contributed by atoms with Crippen molar-refractivity contribution in [2.75, 3.05) is 18.5 Å². The van der Waals surface area contributed by atoms with Crippen LogP contribution in [0.5, 0.6) is 0 Å². The Balaban J connectivity index is 1.72. The molecule has 0 bridgehead atoms. The zero-order chi connectivity index (χ0) is 14.9. The molecule has 0 spiro atoms. The summed E-state index contributed by atoms with van der Waals surface area (Å²) in [4.78, 5) is 11.4. The number of nitrogens with zero attached hydrogens (tertiary/aromatic N) is 3. The Bertz CT molecular complexity index is 788. The van der Waals surface area contributed by atoms with E-state index in [9.17, 15) is 0 Å². The van der Waals surface area contributed by atoms with Crippen molar-refractivity contribution >= 4 is 22.8 Å². The van der Waals surface area contributed by atoms with Gasteiger partial charge >= 0.3 is 0 Å². The lowest BCUT2D eigenvalue weighted by molar-refractivity contribution is 0.120. The number of rotatable bonds is 4. The first-order valence-electron chi connectivity index (χ1n) is 7.55. The van der Waals surface area contributed by atoms with Crippen molar-refractivity contribution < 1.29 is 4.74 Å². The van der Waals surface area contributed by atoms with E-state index >= 15 is 0 Å². The van der Waals surface area contributed by atoms with Crippen LogP contribution in [-0.4, -0.2) is 33.6 Å². The summed E-state index contributed by atoms with van der Waals surface area (Å²) >= 11 is 1.76. The van der Waals surface area contributed by atoms with Gasteiger partial charge in [0, 0.05) is 30.4 Å². The largest absolute Gasteiger partial charge is 0.376 e. The number of nitrogens with one attached hydrogen (secondary N) is 1. The van der Waals surface area contributed by atoms with Gasteiger partial charge in [-0.05, 0) is 31.9 Å². The molecular formula is C16H18N4OS. The highest BCUT2D eigenvalue weighted by Crippen LogP contribution is 2.33. The van der Waals surface area contributed by atoms with Crippen molar-refractivity contribution in [2.45, 2.75) is 25.9 Å². The smallest absolute Gasteiger partial charge is 0.157 e. The Morgan fingerprint density at radius 1 is 1.45 bits per heavy atom. The SMILES string of the molecule is Cc1ccc(-c2nc3cnccn3c2NC[C@@H]2CCCO2)s1. The Labute approximate surface area is 133 Å². The number of aryl methyl sites for hydroxylation is 1. The van der Waals surface area contributed by atoms with E-state index in [2.05, 4.69) is 33.8 Å². The number of hydrogen-bond donors (Lipinski definition) is 1. The maximum absolute atomic E-state index is 5.71. The summed E-state index contributed by atoms with van der Waals surface area (Å²) in [6, 6.07) is 4.26. The standard InChI is InChI=1S/C16H18N4OS/c1-11-4-5-13(22-11)15-16(18-9-12-3-2-8-21-12)20-7-6-17-10-14(20)19-15/h4-7,10,12,18H,2-3,8-9H2,1H3/t12-/m0/s1. The highest BCUT2D eigenvalue weighted by atomic mass is 32.1. The molecule has 1 saturated heterocycles. The molecule has 1 atom stereocenters. The third kappa shape index (κ3) is 2.48. The predicted octanol–water partition coefficient (Wildman–Crippen LogP) is 3.36. The van der Waals surface area contributed by atoms with E-state index in [1.54, 1.807) is 23.7 Å². The van der Waals surface area contributed by atoms with E-state index in [0.29, 0.717) is 6.10 Å². The molecular weight excluding hydrogens is 296 g/mol. The van der Waals surface area contributed by atoms with Gasteiger partial charge in [-0.2, -0.15) is 0 Å². The molecule has 0 radical (unpaired) electrons. The van der Waals surface area contributed by atoms with Crippen LogP contribution in [0, 0.1) is 6.92 Å². The molecule has 0 amide bonds. The second kappa shape index (κ2) is 5.70. The van der Waals surface area contributed by atoms with E-state index in [-0.39, 0.29) is 0 Å². The second-order valence-corrected chi connectivity index (χ2v) is 6.83. The van der Waals surface area contributed by atoms with E-state index < -0.39 is 0 Å². The van der Waals surface area contributed by atoms with Crippen molar-refractivity contribution in [3.05, 3.63) is 35.6 Å². The van der Waals surface area contributed by atoms with E-state index in [0.717, 1.165) is 43.2 Å². The van der Waals surface area contributed by atoms with E-state index in [4.69, 9.17) is 9.72 Å². The molecule has 4 rings (SSSR count). The second-order valence-electron chi connectivity index (χ2n) is 5.54. The first-order valence-corrected chi connectivity index (χ1v) is 8.37. The fourth-order valence-corrected chi connectivity index (χ4v) is 3.68. The Kier molecular flexibility index (Phi) is 3.56. The molecule has 114 valence electrons. The third-order valence-corrected chi connectivity index (χ3v) is 4.93. The van der Waals surface area contributed by atoms with Gasteiger partial charge in [0.1, 0.15) is 11.5 Å².